The number of fused-ring (bicyclic) bond motifs is 3. The predicted octanol–water partition coefficient (Wildman–Crippen LogP) is 2.64. The number of para-hydroxylation sites is 1. The minimum atomic E-state index is -0.230. The average Bonchev–Trinajstić information content (AvgIpc) is 3.05. The van der Waals surface area contributed by atoms with Gasteiger partial charge in [-0.1, -0.05) is 18.2 Å². The molecule has 0 radical (unpaired) electrons. The molecule has 2 atom stereocenters. The van der Waals surface area contributed by atoms with Crippen molar-refractivity contribution < 1.29 is 9.53 Å². The third-order valence-electron chi connectivity index (χ3n) is 7.70. The van der Waals surface area contributed by atoms with Crippen molar-refractivity contribution in [2.24, 2.45) is 0 Å². The largest absolute Gasteiger partial charge is 0.379 e. The second-order valence-electron chi connectivity index (χ2n) is 10.1. The van der Waals surface area contributed by atoms with E-state index in [0.29, 0.717) is 12.1 Å². The van der Waals surface area contributed by atoms with Gasteiger partial charge in [-0.3, -0.25) is 19.4 Å². The van der Waals surface area contributed by atoms with Crippen molar-refractivity contribution in [1.82, 2.24) is 19.7 Å². The van der Waals surface area contributed by atoms with Gasteiger partial charge in [-0.05, 0) is 57.0 Å². The van der Waals surface area contributed by atoms with Crippen LogP contribution in [0.1, 0.15) is 55.9 Å². The monoisotopic (exact) mass is 452 g/mol. The van der Waals surface area contributed by atoms with Crippen molar-refractivity contribution in [2.45, 2.75) is 63.7 Å². The van der Waals surface area contributed by atoms with Gasteiger partial charge >= 0.3 is 0 Å². The zero-order valence-electron chi connectivity index (χ0n) is 19.8. The molecule has 2 unspecified atom stereocenters. The molecule has 0 saturated carbocycles. The summed E-state index contributed by atoms with van der Waals surface area (Å²) >= 11 is 0. The lowest BCUT2D eigenvalue weighted by atomic mass is 9.96. The first-order valence-electron chi connectivity index (χ1n) is 12.5. The van der Waals surface area contributed by atoms with E-state index in [1.807, 2.05) is 38.1 Å². The molecule has 0 spiro atoms. The van der Waals surface area contributed by atoms with Gasteiger partial charge in [0.25, 0.3) is 11.5 Å². The van der Waals surface area contributed by atoms with Gasteiger partial charge in [-0.15, -0.1) is 0 Å². The van der Waals surface area contributed by atoms with Gasteiger partial charge in [0.05, 0.1) is 18.7 Å². The number of nitrogens with one attached hydrogen (secondary N) is 1. The quantitative estimate of drug-likeness (QED) is 0.730. The van der Waals surface area contributed by atoms with Crippen LogP contribution in [0.3, 0.4) is 0 Å². The second kappa shape index (κ2) is 9.57. The van der Waals surface area contributed by atoms with Crippen molar-refractivity contribution in [3.05, 3.63) is 46.2 Å². The van der Waals surface area contributed by atoms with Crippen molar-refractivity contribution in [2.75, 3.05) is 39.4 Å². The normalized spacial score (nSPS) is 26.2. The Bertz CT molecular complexity index is 1050. The molecule has 3 fully saturated rings. The molecule has 1 aromatic carbocycles. The molecule has 7 heteroatoms. The summed E-state index contributed by atoms with van der Waals surface area (Å²) < 4.78 is 7.21. The number of nitrogens with zero attached hydrogens (tertiary/aromatic N) is 3. The lowest BCUT2D eigenvalue weighted by Crippen LogP contribution is -2.53. The number of carbonyl (C=O) groups is 1. The van der Waals surface area contributed by atoms with Crippen LogP contribution in [0.2, 0.25) is 0 Å². The Labute approximate surface area is 195 Å². The molecule has 1 N–H and O–H groups in total. The third-order valence-corrected chi connectivity index (χ3v) is 7.70. The van der Waals surface area contributed by atoms with Gasteiger partial charge < -0.3 is 14.6 Å². The summed E-state index contributed by atoms with van der Waals surface area (Å²) in [6.07, 6.45) is 4.35. The van der Waals surface area contributed by atoms with Crippen LogP contribution in [-0.2, 0) is 4.74 Å². The van der Waals surface area contributed by atoms with E-state index in [-0.39, 0.29) is 29.1 Å². The summed E-state index contributed by atoms with van der Waals surface area (Å²) in [4.78, 5) is 31.6. The first kappa shape index (κ1) is 22.6. The molecule has 7 nitrogen and oxygen atoms in total. The molecular weight excluding hydrogens is 416 g/mol. The molecule has 1 amide bonds. The molecule has 3 aliphatic heterocycles. The maximum absolute atomic E-state index is 13.2. The summed E-state index contributed by atoms with van der Waals surface area (Å²) in [5.74, 6) is -0.230. The minimum Gasteiger partial charge on any atom is -0.379 e. The predicted molar refractivity (Wildman–Crippen MR) is 130 cm³/mol. The van der Waals surface area contributed by atoms with Crippen LogP contribution in [0.4, 0.5) is 0 Å². The number of hydrogen-bond acceptors (Lipinski definition) is 5. The van der Waals surface area contributed by atoms with E-state index in [4.69, 9.17) is 4.74 Å². The number of hydrogen-bond donors (Lipinski definition) is 1. The lowest BCUT2D eigenvalue weighted by Gasteiger charge is -2.40. The number of carbonyl (C=O) groups excluding carboxylic acids is 1. The van der Waals surface area contributed by atoms with Gasteiger partial charge in [0.1, 0.15) is 5.56 Å². The van der Waals surface area contributed by atoms with E-state index in [1.165, 1.54) is 12.8 Å². The number of pyridine rings is 1. The molecule has 5 rings (SSSR count). The molecule has 4 heterocycles. The molecule has 178 valence electrons. The molecule has 0 aliphatic carbocycles. The summed E-state index contributed by atoms with van der Waals surface area (Å²) in [6, 6.07) is 10.7. The molecule has 3 aliphatic rings. The van der Waals surface area contributed by atoms with Crippen LogP contribution in [0.25, 0.3) is 10.9 Å². The number of piperidine rings is 1. The zero-order valence-corrected chi connectivity index (χ0v) is 19.8. The summed E-state index contributed by atoms with van der Waals surface area (Å²) in [5.41, 5.74) is 0.928. The first-order chi connectivity index (χ1) is 16.0. The highest BCUT2D eigenvalue weighted by molar-refractivity contribution is 5.97. The maximum Gasteiger partial charge on any atom is 0.264 e. The van der Waals surface area contributed by atoms with Gasteiger partial charge in [-0.2, -0.15) is 0 Å². The Hall–Kier alpha value is -2.22. The van der Waals surface area contributed by atoms with Crippen LogP contribution < -0.4 is 10.9 Å². The highest BCUT2D eigenvalue weighted by atomic mass is 16.5. The molecule has 3 saturated heterocycles. The first-order valence-corrected chi connectivity index (χ1v) is 12.5. The third kappa shape index (κ3) is 4.59. The molecule has 1 aromatic heterocycles. The van der Waals surface area contributed by atoms with Gasteiger partial charge in [-0.25, -0.2) is 0 Å². The number of ether oxygens (including phenoxy) is 1. The average molecular weight is 453 g/mol. The fourth-order valence-corrected chi connectivity index (χ4v) is 6.06. The van der Waals surface area contributed by atoms with Crippen LogP contribution in [0.15, 0.2) is 35.1 Å². The maximum atomic E-state index is 13.2. The Morgan fingerprint density at radius 3 is 2.48 bits per heavy atom. The van der Waals surface area contributed by atoms with E-state index in [0.717, 1.165) is 63.1 Å². The topological polar surface area (TPSA) is 66.8 Å². The molecule has 2 bridgehead atoms. The van der Waals surface area contributed by atoms with Gasteiger partial charge in [0, 0.05) is 50.3 Å². The highest BCUT2D eigenvalue weighted by Crippen LogP contribution is 2.35. The van der Waals surface area contributed by atoms with Crippen LogP contribution >= 0.6 is 0 Å². The number of benzene rings is 1. The fourth-order valence-electron chi connectivity index (χ4n) is 6.06. The molecule has 2 aromatic rings. The van der Waals surface area contributed by atoms with Crippen molar-refractivity contribution in [3.63, 3.8) is 0 Å². The van der Waals surface area contributed by atoms with E-state index >= 15 is 0 Å². The van der Waals surface area contributed by atoms with Crippen molar-refractivity contribution >= 4 is 16.8 Å². The zero-order chi connectivity index (χ0) is 22.9. The molecular formula is C26H36N4O3. The van der Waals surface area contributed by atoms with Gasteiger partial charge in [0.2, 0.25) is 0 Å². The Morgan fingerprint density at radius 2 is 1.79 bits per heavy atom. The van der Waals surface area contributed by atoms with E-state index in [9.17, 15) is 9.59 Å². The smallest absolute Gasteiger partial charge is 0.264 e. The minimum absolute atomic E-state index is 0.0132. The number of aromatic nitrogens is 1. The standard InChI is InChI=1S/C26H36N4O3/c1-18(2)30-24-6-4-3-5-19(24)15-23(26(30)32)25(31)27-20-16-21-7-8-22(17-20)29(21)10-9-28-11-13-33-14-12-28/h3-6,15,18,20-22H,7-14,16-17H2,1-2H3,(H,27,31). The lowest BCUT2D eigenvalue weighted by molar-refractivity contribution is 0.0257. The van der Waals surface area contributed by atoms with Crippen molar-refractivity contribution in [1.29, 1.82) is 0 Å². The Kier molecular flexibility index (Phi) is 6.54. The van der Waals surface area contributed by atoms with E-state index < -0.39 is 0 Å². The van der Waals surface area contributed by atoms with Crippen LogP contribution in [0.5, 0.6) is 0 Å². The SMILES string of the molecule is CC(C)n1c(=O)c(C(=O)NC2CC3CCC(C2)N3CCN2CCOCC2)cc2ccccc21. The summed E-state index contributed by atoms with van der Waals surface area (Å²) in [5, 5.41) is 4.15. The van der Waals surface area contributed by atoms with E-state index in [1.54, 1.807) is 10.6 Å². The fraction of sp³-hybridized carbons (Fsp3) is 0.615. The Balaban J connectivity index is 1.26. The molecule has 33 heavy (non-hydrogen) atoms. The summed E-state index contributed by atoms with van der Waals surface area (Å²) in [7, 11) is 0. The van der Waals surface area contributed by atoms with Crippen molar-refractivity contribution in [3.8, 4) is 0 Å². The van der Waals surface area contributed by atoms with Crippen LogP contribution in [-0.4, -0.2) is 77.8 Å². The number of morpholine rings is 1. The number of rotatable bonds is 6. The number of amides is 1. The Morgan fingerprint density at radius 1 is 1.09 bits per heavy atom. The van der Waals surface area contributed by atoms with Gasteiger partial charge in [0.15, 0.2) is 0 Å². The summed E-state index contributed by atoms with van der Waals surface area (Å²) in [6.45, 7) is 9.91. The second-order valence-corrected chi connectivity index (χ2v) is 10.1. The highest BCUT2D eigenvalue weighted by Gasteiger charge is 2.41. The van der Waals surface area contributed by atoms with Crippen LogP contribution in [0, 0.1) is 0 Å². The van der Waals surface area contributed by atoms with E-state index in [2.05, 4.69) is 15.1 Å².